The maximum Gasteiger partial charge on any atom is 0.270 e. The molecule has 5 heteroatoms. The van der Waals surface area contributed by atoms with E-state index >= 15 is 0 Å². The van der Waals surface area contributed by atoms with Gasteiger partial charge >= 0.3 is 0 Å². The molecule has 1 aromatic carbocycles. The normalized spacial score (nSPS) is 15.7. The number of aromatic nitrogens is 1. The highest BCUT2D eigenvalue weighted by atomic mass is 35.5. The van der Waals surface area contributed by atoms with Crippen molar-refractivity contribution in [1.82, 2.24) is 10.3 Å². The molecule has 1 fully saturated rings. The number of hydrogen-bond donors (Lipinski definition) is 2. The monoisotopic (exact) mass is 289 g/mol. The summed E-state index contributed by atoms with van der Waals surface area (Å²) >= 11 is 6.22. The largest absolute Gasteiger partial charge is 0.398 e. The van der Waals surface area contributed by atoms with Gasteiger partial charge in [-0.25, -0.2) is 0 Å². The zero-order valence-corrected chi connectivity index (χ0v) is 11.8. The second kappa shape index (κ2) is 5.29. The molecule has 1 amide bonds. The Hall–Kier alpha value is -1.81. The van der Waals surface area contributed by atoms with E-state index in [0.717, 1.165) is 18.2 Å². The van der Waals surface area contributed by atoms with Crippen molar-refractivity contribution in [3.05, 3.63) is 35.1 Å². The first kappa shape index (κ1) is 13.2. The second-order valence-corrected chi connectivity index (χ2v) is 5.58. The third-order valence-electron chi connectivity index (χ3n) is 3.82. The van der Waals surface area contributed by atoms with Crippen molar-refractivity contribution in [1.29, 1.82) is 0 Å². The number of carbonyl (C=O) groups excluding carboxylic acids is 1. The SMILES string of the molecule is Nc1ccc(Cl)c2c(C(=O)NC3CCCC3)nccc12. The van der Waals surface area contributed by atoms with Crippen LogP contribution in [0.5, 0.6) is 0 Å². The predicted octanol–water partition coefficient (Wildman–Crippen LogP) is 3.14. The lowest BCUT2D eigenvalue weighted by Crippen LogP contribution is -2.33. The average molecular weight is 290 g/mol. The molecule has 0 aliphatic heterocycles. The van der Waals surface area contributed by atoms with Gasteiger partial charge in [-0.2, -0.15) is 0 Å². The highest BCUT2D eigenvalue weighted by Gasteiger charge is 2.21. The number of amides is 1. The molecule has 0 bridgehead atoms. The Morgan fingerprint density at radius 1 is 1.30 bits per heavy atom. The molecule has 2 aromatic rings. The number of benzene rings is 1. The van der Waals surface area contributed by atoms with E-state index in [-0.39, 0.29) is 11.9 Å². The zero-order valence-electron chi connectivity index (χ0n) is 11.0. The van der Waals surface area contributed by atoms with Crippen molar-refractivity contribution in [3.63, 3.8) is 0 Å². The first-order chi connectivity index (χ1) is 9.66. The molecule has 4 nitrogen and oxygen atoms in total. The molecule has 0 unspecified atom stereocenters. The van der Waals surface area contributed by atoms with E-state index in [2.05, 4.69) is 10.3 Å². The topological polar surface area (TPSA) is 68.0 Å². The first-order valence-corrected chi connectivity index (χ1v) is 7.18. The number of nitrogens with two attached hydrogens (primary N) is 1. The van der Waals surface area contributed by atoms with Gasteiger partial charge in [0.25, 0.3) is 5.91 Å². The summed E-state index contributed by atoms with van der Waals surface area (Å²) < 4.78 is 0. The van der Waals surface area contributed by atoms with E-state index in [1.54, 1.807) is 24.4 Å². The number of halogens is 1. The van der Waals surface area contributed by atoms with Crippen LogP contribution in [-0.4, -0.2) is 16.9 Å². The molecule has 1 aromatic heterocycles. The van der Waals surface area contributed by atoms with Gasteiger partial charge in [0.1, 0.15) is 5.69 Å². The van der Waals surface area contributed by atoms with Crippen LogP contribution in [0.15, 0.2) is 24.4 Å². The fourth-order valence-corrected chi connectivity index (χ4v) is 3.03. The standard InChI is InChI=1S/C15H16ClN3O/c16-11-5-6-12(17)10-7-8-18-14(13(10)11)15(20)19-9-3-1-2-4-9/h5-9H,1-4,17H2,(H,19,20). The first-order valence-electron chi connectivity index (χ1n) is 6.80. The van der Waals surface area contributed by atoms with Crippen LogP contribution in [0, 0.1) is 0 Å². The lowest BCUT2D eigenvalue weighted by atomic mass is 10.1. The predicted molar refractivity (Wildman–Crippen MR) is 80.9 cm³/mol. The molecule has 20 heavy (non-hydrogen) atoms. The highest BCUT2D eigenvalue weighted by molar-refractivity contribution is 6.37. The summed E-state index contributed by atoms with van der Waals surface area (Å²) in [5.41, 5.74) is 6.89. The number of nitrogens with one attached hydrogen (secondary N) is 1. The molecule has 0 spiro atoms. The third-order valence-corrected chi connectivity index (χ3v) is 4.13. The van der Waals surface area contributed by atoms with Crippen LogP contribution < -0.4 is 11.1 Å². The van der Waals surface area contributed by atoms with Gasteiger partial charge in [0.2, 0.25) is 0 Å². The maximum atomic E-state index is 12.4. The summed E-state index contributed by atoms with van der Waals surface area (Å²) in [7, 11) is 0. The fourth-order valence-electron chi connectivity index (χ4n) is 2.78. The van der Waals surface area contributed by atoms with Crippen LogP contribution in [0.1, 0.15) is 36.2 Å². The number of nitrogens with zero attached hydrogens (tertiary/aromatic N) is 1. The van der Waals surface area contributed by atoms with Gasteiger partial charge in [0.15, 0.2) is 0 Å². The van der Waals surface area contributed by atoms with Gasteiger partial charge in [-0.3, -0.25) is 9.78 Å². The van der Waals surface area contributed by atoms with E-state index in [9.17, 15) is 4.79 Å². The van der Waals surface area contributed by atoms with Crippen LogP contribution in [0.2, 0.25) is 5.02 Å². The highest BCUT2D eigenvalue weighted by Crippen LogP contribution is 2.30. The third kappa shape index (κ3) is 2.31. The van der Waals surface area contributed by atoms with Gasteiger partial charge in [0, 0.05) is 28.7 Å². The number of anilines is 1. The molecule has 1 heterocycles. The molecule has 104 valence electrons. The van der Waals surface area contributed by atoms with E-state index in [0.29, 0.717) is 21.8 Å². The van der Waals surface area contributed by atoms with Crippen molar-refractivity contribution >= 4 is 34.0 Å². The Morgan fingerprint density at radius 3 is 2.80 bits per heavy atom. The lowest BCUT2D eigenvalue weighted by molar-refractivity contribution is 0.0934. The van der Waals surface area contributed by atoms with Gasteiger partial charge < -0.3 is 11.1 Å². The number of rotatable bonds is 2. The minimum absolute atomic E-state index is 0.171. The molecule has 1 aliphatic rings. The average Bonchev–Trinajstić information content (AvgIpc) is 2.95. The molecule has 1 saturated carbocycles. The molecule has 3 N–H and O–H groups in total. The van der Waals surface area contributed by atoms with E-state index in [1.807, 2.05) is 0 Å². The molecule has 0 atom stereocenters. The van der Waals surface area contributed by atoms with Crippen molar-refractivity contribution < 1.29 is 4.79 Å². The summed E-state index contributed by atoms with van der Waals surface area (Å²) in [5.74, 6) is -0.171. The Kier molecular flexibility index (Phi) is 3.49. The maximum absolute atomic E-state index is 12.4. The summed E-state index contributed by atoms with van der Waals surface area (Å²) in [6.07, 6.45) is 6.00. The molecule has 0 saturated heterocycles. The number of fused-ring (bicyclic) bond motifs is 1. The van der Waals surface area contributed by atoms with Crippen LogP contribution >= 0.6 is 11.6 Å². The van der Waals surface area contributed by atoms with Crippen LogP contribution in [0.4, 0.5) is 5.69 Å². The Balaban J connectivity index is 2.02. The Labute approximate surface area is 122 Å². The summed E-state index contributed by atoms with van der Waals surface area (Å²) in [6.45, 7) is 0. The number of hydrogen-bond acceptors (Lipinski definition) is 3. The van der Waals surface area contributed by atoms with E-state index < -0.39 is 0 Å². The molecule has 0 radical (unpaired) electrons. The van der Waals surface area contributed by atoms with Crippen molar-refractivity contribution in [2.24, 2.45) is 0 Å². The minimum atomic E-state index is -0.171. The summed E-state index contributed by atoms with van der Waals surface area (Å²) in [6, 6.07) is 5.47. The van der Waals surface area contributed by atoms with Crippen LogP contribution in [-0.2, 0) is 0 Å². The van der Waals surface area contributed by atoms with Crippen molar-refractivity contribution in [2.75, 3.05) is 5.73 Å². The quantitative estimate of drug-likeness (QED) is 0.835. The molecule has 3 rings (SSSR count). The van der Waals surface area contributed by atoms with Gasteiger partial charge in [-0.1, -0.05) is 24.4 Å². The van der Waals surface area contributed by atoms with Crippen molar-refractivity contribution in [3.8, 4) is 0 Å². The lowest BCUT2D eigenvalue weighted by Gasteiger charge is -2.13. The Morgan fingerprint density at radius 2 is 2.05 bits per heavy atom. The van der Waals surface area contributed by atoms with E-state index in [1.165, 1.54) is 12.8 Å². The van der Waals surface area contributed by atoms with Crippen LogP contribution in [0.25, 0.3) is 10.8 Å². The van der Waals surface area contributed by atoms with Gasteiger partial charge in [-0.15, -0.1) is 0 Å². The summed E-state index contributed by atoms with van der Waals surface area (Å²) in [4.78, 5) is 16.6. The van der Waals surface area contributed by atoms with Crippen molar-refractivity contribution in [2.45, 2.75) is 31.7 Å². The Bertz CT molecular complexity index is 665. The molecular formula is C15H16ClN3O. The zero-order chi connectivity index (χ0) is 14.1. The molecular weight excluding hydrogens is 274 g/mol. The van der Waals surface area contributed by atoms with Gasteiger partial charge in [0.05, 0.1) is 5.02 Å². The van der Waals surface area contributed by atoms with Crippen LogP contribution in [0.3, 0.4) is 0 Å². The van der Waals surface area contributed by atoms with E-state index in [4.69, 9.17) is 17.3 Å². The minimum Gasteiger partial charge on any atom is -0.398 e. The number of nitrogen functional groups attached to an aromatic ring is 1. The summed E-state index contributed by atoms with van der Waals surface area (Å²) in [5, 5.41) is 4.93. The number of pyridine rings is 1. The fraction of sp³-hybridized carbons (Fsp3) is 0.333. The number of carbonyl (C=O) groups is 1. The smallest absolute Gasteiger partial charge is 0.270 e. The molecule has 1 aliphatic carbocycles. The second-order valence-electron chi connectivity index (χ2n) is 5.17. The van der Waals surface area contributed by atoms with Gasteiger partial charge in [-0.05, 0) is 31.0 Å².